The fourth-order valence-corrected chi connectivity index (χ4v) is 3.63. The summed E-state index contributed by atoms with van der Waals surface area (Å²) in [4.78, 5) is 26.8. The maximum atomic E-state index is 13.3. The number of methoxy groups -OCH3 is 1. The molecule has 1 saturated carbocycles. The van der Waals surface area contributed by atoms with Crippen LogP contribution in [-0.2, 0) is 4.79 Å². The van der Waals surface area contributed by atoms with Gasteiger partial charge in [0.25, 0.3) is 0 Å². The van der Waals surface area contributed by atoms with E-state index < -0.39 is 0 Å². The topological polar surface area (TPSA) is 70.7 Å². The molecule has 0 radical (unpaired) electrons. The Morgan fingerprint density at radius 1 is 1.03 bits per heavy atom. The molecule has 0 aromatic heterocycles. The normalized spacial score (nSPS) is 14.1. The van der Waals surface area contributed by atoms with Gasteiger partial charge in [-0.15, -0.1) is 0 Å². The first kappa shape index (κ1) is 21.6. The minimum Gasteiger partial charge on any atom is -0.497 e. The van der Waals surface area contributed by atoms with Crippen LogP contribution >= 0.6 is 0 Å². The van der Waals surface area contributed by atoms with E-state index in [2.05, 4.69) is 10.6 Å². The first-order valence-corrected chi connectivity index (χ1v) is 10.3. The monoisotopic (exact) mass is 413 g/mol. The summed E-state index contributed by atoms with van der Waals surface area (Å²) in [5, 5.41) is 5.78. The number of rotatable bonds is 7. The highest BCUT2D eigenvalue weighted by Gasteiger charge is 2.22. The molecule has 0 unspecified atom stereocenters. The van der Waals surface area contributed by atoms with Crippen LogP contribution in [-0.4, -0.2) is 32.1 Å². The van der Waals surface area contributed by atoms with E-state index in [4.69, 9.17) is 4.74 Å². The molecule has 0 saturated heterocycles. The van der Waals surface area contributed by atoms with Crippen molar-refractivity contribution in [3.8, 4) is 5.75 Å². The highest BCUT2D eigenvalue weighted by molar-refractivity contribution is 6.01. The molecule has 2 N–H and O–H groups in total. The number of nitrogens with zero attached hydrogens (tertiary/aromatic N) is 1. The number of nitrogens with one attached hydrogen (secondary N) is 2. The lowest BCUT2D eigenvalue weighted by Gasteiger charge is -2.25. The summed E-state index contributed by atoms with van der Waals surface area (Å²) in [5.41, 5.74) is 1.16. The molecule has 0 aliphatic heterocycles. The van der Waals surface area contributed by atoms with Gasteiger partial charge in [-0.1, -0.05) is 19.3 Å². The number of amides is 3. The lowest BCUT2D eigenvalue weighted by Crippen LogP contribution is -2.42. The van der Waals surface area contributed by atoms with Crippen molar-refractivity contribution in [2.45, 2.75) is 32.1 Å². The van der Waals surface area contributed by atoms with Gasteiger partial charge in [0.1, 0.15) is 11.6 Å². The molecule has 2 aromatic carbocycles. The molecule has 1 fully saturated rings. The molecule has 0 spiro atoms. The standard InChI is InChI=1S/C23H28FN3O3/c1-30-21-13-9-19(10-14-21)26-23(29)27(20-11-7-18(24)8-12-20)16-15-25-22(28)17-5-3-2-4-6-17/h7-14,17H,2-6,15-16H2,1H3,(H,25,28)(H,26,29). The average molecular weight is 413 g/mol. The van der Waals surface area contributed by atoms with Gasteiger partial charge in [0.2, 0.25) is 5.91 Å². The van der Waals surface area contributed by atoms with Gasteiger partial charge in [0.05, 0.1) is 7.11 Å². The van der Waals surface area contributed by atoms with Crippen molar-refractivity contribution in [3.63, 3.8) is 0 Å². The van der Waals surface area contributed by atoms with E-state index in [-0.39, 0.29) is 30.2 Å². The molecule has 3 rings (SSSR count). The average Bonchev–Trinajstić information content (AvgIpc) is 2.78. The molecule has 7 heteroatoms. The number of hydrogen-bond acceptors (Lipinski definition) is 3. The summed E-state index contributed by atoms with van der Waals surface area (Å²) in [6.45, 7) is 0.592. The number of urea groups is 1. The van der Waals surface area contributed by atoms with Crippen molar-refractivity contribution in [3.05, 3.63) is 54.3 Å². The van der Waals surface area contributed by atoms with Crippen LogP contribution in [0, 0.1) is 11.7 Å². The van der Waals surface area contributed by atoms with Gasteiger partial charge >= 0.3 is 6.03 Å². The Bertz CT molecular complexity index is 834. The summed E-state index contributed by atoms with van der Waals surface area (Å²) in [6.07, 6.45) is 5.21. The van der Waals surface area contributed by atoms with Gasteiger partial charge in [-0.25, -0.2) is 9.18 Å². The molecule has 0 heterocycles. The molecule has 1 aliphatic rings. The summed E-state index contributed by atoms with van der Waals surface area (Å²) in [5.74, 6) is 0.421. The Labute approximate surface area is 176 Å². The molecular weight excluding hydrogens is 385 g/mol. The Morgan fingerprint density at radius 3 is 2.33 bits per heavy atom. The molecule has 0 bridgehead atoms. The number of hydrogen-bond donors (Lipinski definition) is 2. The maximum absolute atomic E-state index is 13.3. The molecule has 2 aromatic rings. The summed E-state index contributed by atoms with van der Waals surface area (Å²) < 4.78 is 18.5. The zero-order valence-corrected chi connectivity index (χ0v) is 17.2. The Morgan fingerprint density at radius 2 is 1.70 bits per heavy atom. The van der Waals surface area contributed by atoms with Crippen LogP contribution in [0.4, 0.5) is 20.6 Å². The highest BCUT2D eigenvalue weighted by atomic mass is 19.1. The predicted octanol–water partition coefficient (Wildman–Crippen LogP) is 4.57. The van der Waals surface area contributed by atoms with Crippen molar-refractivity contribution < 1.29 is 18.7 Å². The molecule has 1 aliphatic carbocycles. The van der Waals surface area contributed by atoms with E-state index in [1.165, 1.54) is 23.5 Å². The number of anilines is 2. The first-order chi connectivity index (χ1) is 14.6. The summed E-state index contributed by atoms with van der Waals surface area (Å²) in [6, 6.07) is 12.3. The molecule has 3 amide bonds. The van der Waals surface area contributed by atoms with Crippen molar-refractivity contribution >= 4 is 23.3 Å². The van der Waals surface area contributed by atoms with Gasteiger partial charge in [-0.05, 0) is 61.4 Å². The largest absolute Gasteiger partial charge is 0.497 e. The van der Waals surface area contributed by atoms with Gasteiger partial charge in [0, 0.05) is 30.4 Å². The van der Waals surface area contributed by atoms with Crippen LogP contribution in [0.1, 0.15) is 32.1 Å². The second-order valence-electron chi connectivity index (χ2n) is 7.41. The molecule has 0 atom stereocenters. The van der Waals surface area contributed by atoms with Gasteiger partial charge in [-0.3, -0.25) is 9.69 Å². The number of halogens is 1. The number of carbonyl (C=O) groups is 2. The van der Waals surface area contributed by atoms with Gasteiger partial charge < -0.3 is 15.4 Å². The van der Waals surface area contributed by atoms with Crippen LogP contribution in [0.15, 0.2) is 48.5 Å². The molecule has 160 valence electrons. The van der Waals surface area contributed by atoms with Crippen molar-refractivity contribution in [2.75, 3.05) is 30.4 Å². The molecule has 30 heavy (non-hydrogen) atoms. The van der Waals surface area contributed by atoms with Crippen LogP contribution in [0.3, 0.4) is 0 Å². The SMILES string of the molecule is COc1ccc(NC(=O)N(CCNC(=O)C2CCCCC2)c2ccc(F)cc2)cc1. The van der Waals surface area contributed by atoms with Crippen LogP contribution in [0.2, 0.25) is 0 Å². The lowest BCUT2D eigenvalue weighted by atomic mass is 9.89. The van der Waals surface area contributed by atoms with E-state index in [1.54, 1.807) is 43.5 Å². The van der Waals surface area contributed by atoms with Crippen LogP contribution < -0.4 is 20.3 Å². The second kappa shape index (κ2) is 10.6. The molecular formula is C23H28FN3O3. The third-order valence-electron chi connectivity index (χ3n) is 5.34. The van der Waals surface area contributed by atoms with Crippen molar-refractivity contribution in [1.82, 2.24) is 5.32 Å². The fraction of sp³-hybridized carbons (Fsp3) is 0.391. The predicted molar refractivity (Wildman–Crippen MR) is 115 cm³/mol. The number of carbonyl (C=O) groups excluding carboxylic acids is 2. The lowest BCUT2D eigenvalue weighted by molar-refractivity contribution is -0.125. The molecule has 6 nitrogen and oxygen atoms in total. The van der Waals surface area contributed by atoms with E-state index in [1.807, 2.05) is 0 Å². The minimum absolute atomic E-state index is 0.0457. The zero-order valence-electron chi connectivity index (χ0n) is 17.2. The van der Waals surface area contributed by atoms with E-state index in [0.29, 0.717) is 23.7 Å². The Hall–Kier alpha value is -3.09. The highest BCUT2D eigenvalue weighted by Crippen LogP contribution is 2.23. The minimum atomic E-state index is -0.375. The Balaban J connectivity index is 1.64. The van der Waals surface area contributed by atoms with Gasteiger partial charge in [0.15, 0.2) is 0 Å². The number of ether oxygens (including phenoxy) is 1. The van der Waals surface area contributed by atoms with Crippen molar-refractivity contribution in [2.24, 2.45) is 5.92 Å². The second-order valence-corrected chi connectivity index (χ2v) is 7.41. The first-order valence-electron chi connectivity index (χ1n) is 10.3. The Kier molecular flexibility index (Phi) is 7.65. The fourth-order valence-electron chi connectivity index (χ4n) is 3.63. The van der Waals surface area contributed by atoms with Gasteiger partial charge in [-0.2, -0.15) is 0 Å². The van der Waals surface area contributed by atoms with E-state index >= 15 is 0 Å². The van der Waals surface area contributed by atoms with Crippen LogP contribution in [0.5, 0.6) is 5.75 Å². The van der Waals surface area contributed by atoms with Crippen LogP contribution in [0.25, 0.3) is 0 Å². The zero-order chi connectivity index (χ0) is 21.3. The van der Waals surface area contributed by atoms with E-state index in [0.717, 1.165) is 25.7 Å². The quantitative estimate of drug-likeness (QED) is 0.699. The summed E-state index contributed by atoms with van der Waals surface area (Å²) in [7, 11) is 1.57. The maximum Gasteiger partial charge on any atom is 0.326 e. The third-order valence-corrected chi connectivity index (χ3v) is 5.34. The van der Waals surface area contributed by atoms with E-state index in [9.17, 15) is 14.0 Å². The number of benzene rings is 2. The summed E-state index contributed by atoms with van der Waals surface area (Å²) >= 11 is 0. The van der Waals surface area contributed by atoms with Crippen molar-refractivity contribution in [1.29, 1.82) is 0 Å². The third kappa shape index (κ3) is 5.95. The smallest absolute Gasteiger partial charge is 0.326 e.